The number of hydrogen-bond acceptors (Lipinski definition) is 3. The van der Waals surface area contributed by atoms with E-state index in [1.54, 1.807) is 0 Å². The van der Waals surface area contributed by atoms with Crippen LogP contribution in [0.15, 0.2) is 0 Å². The van der Waals surface area contributed by atoms with Crippen LogP contribution in [-0.2, 0) is 4.79 Å². The van der Waals surface area contributed by atoms with Crippen LogP contribution in [0.3, 0.4) is 0 Å². The number of carbonyl (C=O) groups is 1. The van der Waals surface area contributed by atoms with Gasteiger partial charge in [0.05, 0.1) is 12.1 Å². The van der Waals surface area contributed by atoms with Crippen LogP contribution in [-0.4, -0.2) is 29.7 Å². The van der Waals surface area contributed by atoms with Crippen molar-refractivity contribution in [1.82, 2.24) is 5.32 Å². The molecule has 0 aromatic carbocycles. The maximum absolute atomic E-state index is 11.7. The van der Waals surface area contributed by atoms with Crippen LogP contribution >= 0.6 is 0 Å². The fraction of sp³-hybridized carbons (Fsp3) is 0.917. The van der Waals surface area contributed by atoms with E-state index in [1.165, 1.54) is 0 Å². The molecule has 0 aliphatic heterocycles. The average molecular weight is 228 g/mol. The van der Waals surface area contributed by atoms with Crippen LogP contribution in [0.2, 0.25) is 0 Å². The lowest BCUT2D eigenvalue weighted by atomic mass is 9.98. The highest BCUT2D eigenvalue weighted by Gasteiger charge is 2.34. The van der Waals surface area contributed by atoms with Gasteiger partial charge in [-0.1, -0.05) is 19.8 Å². The van der Waals surface area contributed by atoms with Crippen molar-refractivity contribution in [2.75, 3.05) is 13.2 Å². The van der Waals surface area contributed by atoms with E-state index in [9.17, 15) is 9.90 Å². The van der Waals surface area contributed by atoms with E-state index in [2.05, 4.69) is 5.32 Å². The van der Waals surface area contributed by atoms with Crippen LogP contribution in [0.25, 0.3) is 0 Å². The maximum atomic E-state index is 11.7. The minimum Gasteiger partial charge on any atom is -0.394 e. The molecule has 0 aromatic heterocycles. The predicted molar refractivity (Wildman–Crippen MR) is 63.9 cm³/mol. The second-order valence-electron chi connectivity index (χ2n) is 5.07. The van der Waals surface area contributed by atoms with Crippen LogP contribution < -0.4 is 11.1 Å². The van der Waals surface area contributed by atoms with Gasteiger partial charge in [-0.15, -0.1) is 0 Å². The lowest BCUT2D eigenvalue weighted by Gasteiger charge is -2.28. The third kappa shape index (κ3) is 3.76. The van der Waals surface area contributed by atoms with E-state index < -0.39 is 0 Å². The van der Waals surface area contributed by atoms with Crippen molar-refractivity contribution in [3.63, 3.8) is 0 Å². The molecule has 0 radical (unpaired) electrons. The zero-order chi connectivity index (χ0) is 12.0. The van der Waals surface area contributed by atoms with E-state index in [-0.39, 0.29) is 18.1 Å². The Morgan fingerprint density at radius 2 is 2.12 bits per heavy atom. The van der Waals surface area contributed by atoms with E-state index in [4.69, 9.17) is 5.73 Å². The number of aliphatic hydroxyl groups is 1. The van der Waals surface area contributed by atoms with Crippen molar-refractivity contribution in [3.8, 4) is 0 Å². The largest absolute Gasteiger partial charge is 0.394 e. The summed E-state index contributed by atoms with van der Waals surface area (Å²) >= 11 is 0. The van der Waals surface area contributed by atoms with Crippen molar-refractivity contribution in [2.24, 2.45) is 11.7 Å². The van der Waals surface area contributed by atoms with Gasteiger partial charge >= 0.3 is 0 Å². The molecule has 1 amide bonds. The number of aliphatic hydroxyl groups excluding tert-OH is 1. The molecule has 0 aromatic rings. The first-order valence-electron chi connectivity index (χ1n) is 6.24. The predicted octanol–water partition coefficient (Wildman–Crippen LogP) is 0.783. The third-order valence-corrected chi connectivity index (χ3v) is 3.53. The third-order valence-electron chi connectivity index (χ3n) is 3.53. The lowest BCUT2D eigenvalue weighted by Crippen LogP contribution is -2.49. The molecule has 0 heterocycles. The van der Waals surface area contributed by atoms with Crippen LogP contribution in [0, 0.1) is 5.92 Å². The minimum atomic E-state index is -0.330. The minimum absolute atomic E-state index is 0.0521. The summed E-state index contributed by atoms with van der Waals surface area (Å²) in [5.74, 6) is 0.440. The van der Waals surface area contributed by atoms with Gasteiger partial charge < -0.3 is 16.2 Å². The molecule has 1 saturated carbocycles. The summed E-state index contributed by atoms with van der Waals surface area (Å²) in [6, 6.07) is 0. The fourth-order valence-electron chi connectivity index (χ4n) is 2.23. The van der Waals surface area contributed by atoms with Gasteiger partial charge in [0.1, 0.15) is 0 Å². The highest BCUT2D eigenvalue weighted by Crippen LogP contribution is 2.29. The van der Waals surface area contributed by atoms with Crippen molar-refractivity contribution in [1.29, 1.82) is 0 Å². The smallest absolute Gasteiger partial charge is 0.220 e. The summed E-state index contributed by atoms with van der Waals surface area (Å²) in [5.41, 5.74) is 5.17. The second-order valence-corrected chi connectivity index (χ2v) is 5.07. The molecule has 1 aliphatic rings. The van der Waals surface area contributed by atoms with Gasteiger partial charge in [0.15, 0.2) is 0 Å². The normalized spacial score (nSPS) is 20.7. The van der Waals surface area contributed by atoms with E-state index in [1.807, 2.05) is 6.92 Å². The molecule has 1 fully saturated rings. The van der Waals surface area contributed by atoms with Gasteiger partial charge in [0.25, 0.3) is 0 Å². The van der Waals surface area contributed by atoms with E-state index >= 15 is 0 Å². The molecule has 16 heavy (non-hydrogen) atoms. The van der Waals surface area contributed by atoms with Crippen molar-refractivity contribution in [3.05, 3.63) is 0 Å². The van der Waals surface area contributed by atoms with Gasteiger partial charge in [-0.3, -0.25) is 4.79 Å². The number of nitrogens with two attached hydrogens (primary N) is 1. The van der Waals surface area contributed by atoms with Crippen molar-refractivity contribution >= 4 is 5.91 Å². The summed E-state index contributed by atoms with van der Waals surface area (Å²) in [4.78, 5) is 11.7. The van der Waals surface area contributed by atoms with Gasteiger partial charge in [0.2, 0.25) is 5.91 Å². The number of nitrogens with one attached hydrogen (secondary N) is 1. The van der Waals surface area contributed by atoms with Crippen molar-refractivity contribution in [2.45, 2.75) is 51.0 Å². The fourth-order valence-corrected chi connectivity index (χ4v) is 2.23. The van der Waals surface area contributed by atoms with Gasteiger partial charge in [-0.25, -0.2) is 0 Å². The second kappa shape index (κ2) is 6.21. The molecule has 0 saturated heterocycles. The van der Waals surface area contributed by atoms with Gasteiger partial charge in [-0.05, 0) is 31.7 Å². The Bertz CT molecular complexity index is 225. The Kier molecular flexibility index (Phi) is 5.22. The van der Waals surface area contributed by atoms with Gasteiger partial charge in [0, 0.05) is 6.42 Å². The van der Waals surface area contributed by atoms with E-state index in [0.29, 0.717) is 18.9 Å². The van der Waals surface area contributed by atoms with Crippen molar-refractivity contribution < 1.29 is 9.90 Å². The van der Waals surface area contributed by atoms with Gasteiger partial charge in [-0.2, -0.15) is 0 Å². The Morgan fingerprint density at radius 1 is 1.50 bits per heavy atom. The highest BCUT2D eigenvalue weighted by molar-refractivity contribution is 5.76. The standard InChI is InChI=1S/C12H24N2O2/c1-10(8-13)4-5-11(16)14-12(9-15)6-2-3-7-12/h10,15H,2-9,13H2,1H3,(H,14,16). The maximum Gasteiger partial charge on any atom is 0.220 e. The average Bonchev–Trinajstić information content (AvgIpc) is 2.75. The van der Waals surface area contributed by atoms with Crippen LogP contribution in [0.4, 0.5) is 0 Å². The van der Waals surface area contributed by atoms with E-state index in [0.717, 1.165) is 32.1 Å². The highest BCUT2D eigenvalue weighted by atomic mass is 16.3. The molecule has 0 spiro atoms. The summed E-state index contributed by atoms with van der Waals surface area (Å²) in [6.45, 7) is 2.73. The Morgan fingerprint density at radius 3 is 2.62 bits per heavy atom. The first-order valence-corrected chi connectivity index (χ1v) is 6.24. The SMILES string of the molecule is CC(CN)CCC(=O)NC1(CO)CCCC1. The summed E-state index contributed by atoms with van der Waals surface area (Å²) < 4.78 is 0. The quantitative estimate of drug-likeness (QED) is 0.629. The Balaban J connectivity index is 2.32. The summed E-state index contributed by atoms with van der Waals surface area (Å²) in [6.07, 6.45) is 5.34. The molecule has 4 heteroatoms. The molecule has 1 rings (SSSR count). The van der Waals surface area contributed by atoms with Crippen LogP contribution in [0.5, 0.6) is 0 Å². The Labute approximate surface area is 97.6 Å². The molecule has 1 atom stereocenters. The first kappa shape index (κ1) is 13.5. The number of amides is 1. The molecule has 4 nitrogen and oxygen atoms in total. The number of carbonyl (C=O) groups excluding carboxylic acids is 1. The monoisotopic (exact) mass is 228 g/mol. The topological polar surface area (TPSA) is 75.4 Å². The molecule has 0 bridgehead atoms. The molecule has 1 aliphatic carbocycles. The lowest BCUT2D eigenvalue weighted by molar-refractivity contribution is -0.123. The number of hydrogen-bond donors (Lipinski definition) is 3. The summed E-state index contributed by atoms with van der Waals surface area (Å²) in [7, 11) is 0. The molecule has 94 valence electrons. The zero-order valence-corrected chi connectivity index (χ0v) is 10.2. The van der Waals surface area contributed by atoms with Crippen LogP contribution in [0.1, 0.15) is 45.4 Å². The molecule has 4 N–H and O–H groups in total. The molecule has 1 unspecified atom stereocenters. The number of rotatable bonds is 6. The Hall–Kier alpha value is -0.610. The molecular formula is C12H24N2O2. The molecular weight excluding hydrogens is 204 g/mol. The zero-order valence-electron chi connectivity index (χ0n) is 10.2. The first-order chi connectivity index (χ1) is 7.62. The summed E-state index contributed by atoms with van der Waals surface area (Å²) in [5, 5.41) is 12.3.